The third-order valence-electron chi connectivity index (χ3n) is 3.98. The van der Waals surface area contributed by atoms with Gasteiger partial charge in [0.05, 0.1) is 0 Å². The van der Waals surface area contributed by atoms with Crippen LogP contribution in [0, 0.1) is 0 Å². The van der Waals surface area contributed by atoms with Crippen LogP contribution in [-0.4, -0.2) is 31.1 Å². The van der Waals surface area contributed by atoms with Gasteiger partial charge in [0, 0.05) is 37.2 Å². The van der Waals surface area contributed by atoms with Gasteiger partial charge in [-0.25, -0.2) is 0 Å². The number of piperazine rings is 1. The number of halogens is 1. The highest BCUT2D eigenvalue weighted by atomic mass is 35.5. The van der Waals surface area contributed by atoms with Crippen molar-refractivity contribution in [3.63, 3.8) is 0 Å². The van der Waals surface area contributed by atoms with Gasteiger partial charge in [0.1, 0.15) is 0 Å². The van der Waals surface area contributed by atoms with Gasteiger partial charge in [0.15, 0.2) is 0 Å². The Hall–Kier alpha value is -0.570. The molecule has 0 bridgehead atoms. The Kier molecular flexibility index (Phi) is 3.37. The number of nitrogens with one attached hydrogen (secondary N) is 1. The van der Waals surface area contributed by atoms with E-state index in [1.165, 1.54) is 43.5 Å². The van der Waals surface area contributed by atoms with Gasteiger partial charge in [-0.15, -0.1) is 0 Å². The van der Waals surface area contributed by atoms with Crippen molar-refractivity contribution in [2.24, 2.45) is 0 Å². The Morgan fingerprint density at radius 1 is 1.24 bits per heavy atom. The van der Waals surface area contributed by atoms with Crippen LogP contribution >= 0.6 is 11.6 Å². The van der Waals surface area contributed by atoms with Crippen molar-refractivity contribution in [3.8, 4) is 0 Å². The summed E-state index contributed by atoms with van der Waals surface area (Å²) in [7, 11) is 0. The maximum atomic E-state index is 6.09. The van der Waals surface area contributed by atoms with Gasteiger partial charge >= 0.3 is 0 Å². The number of fused-ring (bicyclic) bond motifs is 1. The maximum Gasteiger partial charge on any atom is 0.0408 e. The van der Waals surface area contributed by atoms with Gasteiger partial charge in [0.25, 0.3) is 0 Å². The number of hydrogen-bond donors (Lipinski definition) is 1. The summed E-state index contributed by atoms with van der Waals surface area (Å²) in [4.78, 5) is 2.63. The minimum Gasteiger partial charge on any atom is -0.314 e. The number of benzene rings is 1. The average molecular weight is 251 g/mol. The highest BCUT2D eigenvalue weighted by molar-refractivity contribution is 6.30. The molecular weight excluding hydrogens is 232 g/mol. The summed E-state index contributed by atoms with van der Waals surface area (Å²) in [5.41, 5.74) is 2.98. The third kappa shape index (κ3) is 2.35. The van der Waals surface area contributed by atoms with Crippen LogP contribution in [0.1, 0.15) is 30.0 Å². The first-order chi connectivity index (χ1) is 8.34. The van der Waals surface area contributed by atoms with Crippen LogP contribution < -0.4 is 5.32 Å². The maximum absolute atomic E-state index is 6.09. The fourth-order valence-electron chi connectivity index (χ4n) is 3.13. The quantitative estimate of drug-likeness (QED) is 0.824. The molecule has 0 amide bonds. The first-order valence-electron chi connectivity index (χ1n) is 6.58. The van der Waals surface area contributed by atoms with E-state index in [1.54, 1.807) is 0 Å². The standard InChI is InChI=1S/C14H19ClN2/c15-12-4-5-13-11(10-12)2-1-3-14(13)17-8-6-16-7-9-17/h4-5,10,14,16H,1-3,6-9H2/t14-/m0/s1. The molecule has 1 aromatic rings. The number of aryl methyl sites for hydroxylation is 1. The first kappa shape index (κ1) is 11.5. The summed E-state index contributed by atoms with van der Waals surface area (Å²) in [6.07, 6.45) is 3.79. The zero-order valence-electron chi connectivity index (χ0n) is 10.1. The van der Waals surface area contributed by atoms with Crippen LogP contribution in [0.5, 0.6) is 0 Å². The molecule has 0 spiro atoms. The Balaban J connectivity index is 1.88. The largest absolute Gasteiger partial charge is 0.314 e. The van der Waals surface area contributed by atoms with Crippen LogP contribution in [0.4, 0.5) is 0 Å². The zero-order valence-corrected chi connectivity index (χ0v) is 10.8. The second-order valence-corrected chi connectivity index (χ2v) is 5.47. The lowest BCUT2D eigenvalue weighted by molar-refractivity contribution is 0.158. The van der Waals surface area contributed by atoms with Gasteiger partial charge in [-0.1, -0.05) is 17.7 Å². The van der Waals surface area contributed by atoms with E-state index in [2.05, 4.69) is 22.3 Å². The van der Waals surface area contributed by atoms with E-state index in [0.717, 1.165) is 18.1 Å². The molecule has 1 heterocycles. The predicted molar refractivity (Wildman–Crippen MR) is 71.6 cm³/mol. The van der Waals surface area contributed by atoms with Crippen LogP contribution in [0.25, 0.3) is 0 Å². The van der Waals surface area contributed by atoms with E-state index < -0.39 is 0 Å². The summed E-state index contributed by atoms with van der Waals surface area (Å²) >= 11 is 6.09. The first-order valence-corrected chi connectivity index (χ1v) is 6.95. The van der Waals surface area contributed by atoms with E-state index in [9.17, 15) is 0 Å². The van der Waals surface area contributed by atoms with Crippen molar-refractivity contribution in [2.75, 3.05) is 26.2 Å². The zero-order chi connectivity index (χ0) is 11.7. The Bertz CT molecular complexity index is 399. The molecule has 92 valence electrons. The van der Waals surface area contributed by atoms with Crippen molar-refractivity contribution < 1.29 is 0 Å². The number of hydrogen-bond acceptors (Lipinski definition) is 2. The van der Waals surface area contributed by atoms with Gasteiger partial charge in [-0.05, 0) is 42.5 Å². The summed E-state index contributed by atoms with van der Waals surface area (Å²) in [5, 5.41) is 4.30. The van der Waals surface area contributed by atoms with Gasteiger partial charge in [0.2, 0.25) is 0 Å². The normalized spacial score (nSPS) is 25.6. The minimum absolute atomic E-state index is 0.623. The second kappa shape index (κ2) is 4.97. The molecule has 2 nitrogen and oxygen atoms in total. The smallest absolute Gasteiger partial charge is 0.0408 e. The Morgan fingerprint density at radius 2 is 2.06 bits per heavy atom. The lowest BCUT2D eigenvalue weighted by atomic mass is 9.86. The van der Waals surface area contributed by atoms with Crippen LogP contribution in [0.2, 0.25) is 5.02 Å². The van der Waals surface area contributed by atoms with E-state index >= 15 is 0 Å². The average Bonchev–Trinajstić information content (AvgIpc) is 2.39. The predicted octanol–water partition coefficient (Wildman–Crippen LogP) is 2.62. The SMILES string of the molecule is Clc1ccc2c(c1)CCC[C@@H]2N1CCNCC1. The van der Waals surface area contributed by atoms with Crippen molar-refractivity contribution in [1.82, 2.24) is 10.2 Å². The molecule has 1 saturated heterocycles. The van der Waals surface area contributed by atoms with E-state index in [0.29, 0.717) is 6.04 Å². The molecule has 0 unspecified atom stereocenters. The molecule has 1 atom stereocenters. The molecule has 1 aliphatic heterocycles. The fraction of sp³-hybridized carbons (Fsp3) is 0.571. The molecule has 1 N–H and O–H groups in total. The summed E-state index contributed by atoms with van der Waals surface area (Å²) in [6, 6.07) is 7.06. The lowest BCUT2D eigenvalue weighted by Gasteiger charge is -2.38. The molecule has 1 aliphatic carbocycles. The summed E-state index contributed by atoms with van der Waals surface area (Å²) in [6.45, 7) is 4.60. The van der Waals surface area contributed by atoms with Gasteiger partial charge in [-0.3, -0.25) is 4.90 Å². The van der Waals surface area contributed by atoms with Gasteiger partial charge < -0.3 is 5.32 Å². The van der Waals surface area contributed by atoms with Gasteiger partial charge in [-0.2, -0.15) is 0 Å². The molecule has 0 aromatic heterocycles. The Morgan fingerprint density at radius 3 is 2.88 bits per heavy atom. The topological polar surface area (TPSA) is 15.3 Å². The molecule has 3 heteroatoms. The molecule has 17 heavy (non-hydrogen) atoms. The van der Waals surface area contributed by atoms with Crippen LogP contribution in [-0.2, 0) is 6.42 Å². The molecule has 3 rings (SSSR count). The third-order valence-corrected chi connectivity index (χ3v) is 4.22. The van der Waals surface area contributed by atoms with Crippen molar-refractivity contribution >= 4 is 11.6 Å². The molecule has 1 fully saturated rings. The van der Waals surface area contributed by atoms with Crippen LogP contribution in [0.3, 0.4) is 0 Å². The molecule has 0 radical (unpaired) electrons. The van der Waals surface area contributed by atoms with Crippen molar-refractivity contribution in [1.29, 1.82) is 0 Å². The highest BCUT2D eigenvalue weighted by Gasteiger charge is 2.26. The number of rotatable bonds is 1. The second-order valence-electron chi connectivity index (χ2n) is 5.04. The monoisotopic (exact) mass is 250 g/mol. The summed E-state index contributed by atoms with van der Waals surface area (Å²) < 4.78 is 0. The minimum atomic E-state index is 0.623. The number of nitrogens with zero attached hydrogens (tertiary/aromatic N) is 1. The lowest BCUT2D eigenvalue weighted by Crippen LogP contribution is -2.45. The molecule has 2 aliphatic rings. The van der Waals surface area contributed by atoms with E-state index in [4.69, 9.17) is 11.6 Å². The highest BCUT2D eigenvalue weighted by Crippen LogP contribution is 2.35. The molecule has 1 aromatic carbocycles. The Labute approximate surface area is 108 Å². The molecular formula is C14H19ClN2. The van der Waals surface area contributed by atoms with Crippen molar-refractivity contribution in [2.45, 2.75) is 25.3 Å². The van der Waals surface area contributed by atoms with Crippen molar-refractivity contribution in [3.05, 3.63) is 34.3 Å². The van der Waals surface area contributed by atoms with E-state index in [-0.39, 0.29) is 0 Å². The van der Waals surface area contributed by atoms with E-state index in [1.807, 2.05) is 6.07 Å². The van der Waals surface area contributed by atoms with Crippen LogP contribution in [0.15, 0.2) is 18.2 Å². The molecule has 0 saturated carbocycles. The summed E-state index contributed by atoms with van der Waals surface area (Å²) in [5.74, 6) is 0. The fourth-order valence-corrected chi connectivity index (χ4v) is 3.33.